The average molecular weight is 272 g/mol. The third-order valence-corrected chi connectivity index (χ3v) is 3.01. The number of fused-ring (bicyclic) bond motifs is 1. The molecule has 0 bridgehead atoms. The Bertz CT molecular complexity index is 653. The molecule has 1 amide bonds. The standard InChI is InChI=1S/C17H21NO2/c1-12(2)20-16-8-7-14-5-4-6-15(17(14)11-16)9-10-18-13(3)19/h4-8,11-12H,9-10H2,1-3H3,(H,18,19)/i4D. The topological polar surface area (TPSA) is 38.3 Å². The molecule has 2 aromatic carbocycles. The smallest absolute Gasteiger partial charge is 0.216 e. The third-order valence-electron chi connectivity index (χ3n) is 3.01. The van der Waals surface area contributed by atoms with Gasteiger partial charge in [-0.15, -0.1) is 0 Å². The van der Waals surface area contributed by atoms with Crippen LogP contribution in [0.3, 0.4) is 0 Å². The van der Waals surface area contributed by atoms with Crippen molar-refractivity contribution in [3.63, 3.8) is 0 Å². The van der Waals surface area contributed by atoms with Gasteiger partial charge in [-0.05, 0) is 48.7 Å². The fraction of sp³-hybridized carbons (Fsp3) is 0.353. The molecule has 3 heteroatoms. The summed E-state index contributed by atoms with van der Waals surface area (Å²) < 4.78 is 13.6. The van der Waals surface area contributed by atoms with Crippen LogP contribution in [0.1, 0.15) is 27.7 Å². The zero-order chi connectivity index (χ0) is 15.4. The Labute approximate surface area is 121 Å². The molecule has 20 heavy (non-hydrogen) atoms. The first kappa shape index (κ1) is 13.0. The molecule has 0 aliphatic heterocycles. The van der Waals surface area contributed by atoms with Gasteiger partial charge in [-0.2, -0.15) is 0 Å². The van der Waals surface area contributed by atoms with Crippen molar-refractivity contribution in [3.8, 4) is 5.75 Å². The number of benzene rings is 2. The molecular formula is C17H21NO2. The van der Waals surface area contributed by atoms with Gasteiger partial charge in [0.2, 0.25) is 5.91 Å². The van der Waals surface area contributed by atoms with Crippen LogP contribution < -0.4 is 10.1 Å². The number of hydrogen-bond donors (Lipinski definition) is 1. The van der Waals surface area contributed by atoms with Gasteiger partial charge in [0.15, 0.2) is 0 Å². The summed E-state index contributed by atoms with van der Waals surface area (Å²) in [5, 5.41) is 4.90. The fourth-order valence-corrected chi connectivity index (χ4v) is 2.17. The van der Waals surface area contributed by atoms with E-state index in [2.05, 4.69) is 5.32 Å². The zero-order valence-corrected chi connectivity index (χ0v) is 12.2. The summed E-state index contributed by atoms with van der Waals surface area (Å²) in [5.74, 6) is 0.793. The fourth-order valence-electron chi connectivity index (χ4n) is 2.17. The molecule has 0 radical (unpaired) electrons. The summed E-state index contributed by atoms with van der Waals surface area (Å²) in [7, 11) is 0. The molecule has 0 fully saturated rings. The van der Waals surface area contributed by atoms with Crippen LogP contribution in [0.4, 0.5) is 0 Å². The lowest BCUT2D eigenvalue weighted by molar-refractivity contribution is -0.118. The highest BCUT2D eigenvalue weighted by atomic mass is 16.5. The van der Waals surface area contributed by atoms with E-state index >= 15 is 0 Å². The van der Waals surface area contributed by atoms with Crippen LogP contribution in [0.2, 0.25) is 0 Å². The Morgan fingerprint density at radius 3 is 2.85 bits per heavy atom. The van der Waals surface area contributed by atoms with E-state index in [1.807, 2.05) is 44.2 Å². The molecule has 0 aliphatic rings. The highest BCUT2D eigenvalue weighted by molar-refractivity contribution is 5.87. The first-order valence-corrected chi connectivity index (χ1v) is 6.90. The maximum Gasteiger partial charge on any atom is 0.216 e. The monoisotopic (exact) mass is 272 g/mol. The number of ether oxygens (including phenoxy) is 1. The molecule has 2 aromatic rings. The Morgan fingerprint density at radius 2 is 2.15 bits per heavy atom. The number of rotatable bonds is 5. The molecule has 0 unspecified atom stereocenters. The number of carbonyl (C=O) groups is 1. The van der Waals surface area contributed by atoms with Crippen molar-refractivity contribution in [1.29, 1.82) is 0 Å². The van der Waals surface area contributed by atoms with Crippen molar-refractivity contribution in [3.05, 3.63) is 41.9 Å². The quantitative estimate of drug-likeness (QED) is 0.907. The summed E-state index contributed by atoms with van der Waals surface area (Å²) >= 11 is 0. The van der Waals surface area contributed by atoms with Gasteiger partial charge in [-0.25, -0.2) is 0 Å². The lowest BCUT2D eigenvalue weighted by atomic mass is 10.0. The van der Waals surface area contributed by atoms with Crippen molar-refractivity contribution in [2.75, 3.05) is 6.54 Å². The SMILES string of the molecule is [2H]c1cc(CCNC(C)=O)c2cc(OC(C)C)ccc2c1. The number of amides is 1. The maximum atomic E-state index is 11.0. The minimum atomic E-state index is -0.0369. The second kappa shape index (κ2) is 6.42. The van der Waals surface area contributed by atoms with E-state index in [1.54, 1.807) is 0 Å². The van der Waals surface area contributed by atoms with E-state index in [0.717, 1.165) is 22.1 Å². The molecule has 0 saturated carbocycles. The number of hydrogen-bond acceptors (Lipinski definition) is 2. The Balaban J connectivity index is 2.34. The first-order chi connectivity index (χ1) is 9.95. The average Bonchev–Trinajstić information content (AvgIpc) is 2.38. The van der Waals surface area contributed by atoms with E-state index in [9.17, 15) is 4.79 Å². The van der Waals surface area contributed by atoms with Crippen LogP contribution in [0.15, 0.2) is 36.4 Å². The number of nitrogens with one attached hydrogen (secondary N) is 1. The first-order valence-electron chi connectivity index (χ1n) is 7.40. The van der Waals surface area contributed by atoms with Gasteiger partial charge < -0.3 is 10.1 Å². The molecule has 0 spiro atoms. The van der Waals surface area contributed by atoms with Crippen LogP contribution in [-0.2, 0) is 11.2 Å². The van der Waals surface area contributed by atoms with Crippen LogP contribution in [0.5, 0.6) is 5.75 Å². The predicted molar refractivity (Wildman–Crippen MR) is 82.1 cm³/mol. The largest absolute Gasteiger partial charge is 0.491 e. The maximum absolute atomic E-state index is 11.0. The Kier molecular flexibility index (Phi) is 4.16. The van der Waals surface area contributed by atoms with Crippen molar-refractivity contribution < 1.29 is 10.9 Å². The highest BCUT2D eigenvalue weighted by Crippen LogP contribution is 2.25. The van der Waals surface area contributed by atoms with Crippen LogP contribution in [-0.4, -0.2) is 18.6 Å². The number of carbonyl (C=O) groups excluding carboxylic acids is 1. The van der Waals surface area contributed by atoms with E-state index < -0.39 is 0 Å². The van der Waals surface area contributed by atoms with E-state index in [1.165, 1.54) is 6.92 Å². The highest BCUT2D eigenvalue weighted by Gasteiger charge is 2.04. The van der Waals surface area contributed by atoms with Crippen molar-refractivity contribution in [2.45, 2.75) is 33.3 Å². The molecule has 0 aromatic heterocycles. The molecular weight excluding hydrogens is 250 g/mol. The summed E-state index contributed by atoms with van der Waals surface area (Å²) in [6.07, 6.45) is 0.828. The zero-order valence-electron chi connectivity index (χ0n) is 13.2. The van der Waals surface area contributed by atoms with E-state index in [0.29, 0.717) is 19.0 Å². The van der Waals surface area contributed by atoms with Crippen LogP contribution in [0, 0.1) is 0 Å². The van der Waals surface area contributed by atoms with Gasteiger partial charge in [0.1, 0.15) is 5.75 Å². The molecule has 0 saturated heterocycles. The van der Waals surface area contributed by atoms with Gasteiger partial charge in [0, 0.05) is 13.5 Å². The van der Waals surface area contributed by atoms with Gasteiger partial charge in [0.05, 0.1) is 7.47 Å². The second-order valence-corrected chi connectivity index (χ2v) is 5.13. The molecule has 0 aliphatic carbocycles. The van der Waals surface area contributed by atoms with Gasteiger partial charge in [0.25, 0.3) is 0 Å². The minimum absolute atomic E-state index is 0.0369. The lowest BCUT2D eigenvalue weighted by Gasteiger charge is -2.12. The Hall–Kier alpha value is -2.03. The summed E-state index contributed by atoms with van der Waals surface area (Å²) in [6.45, 7) is 6.07. The van der Waals surface area contributed by atoms with Crippen molar-refractivity contribution >= 4 is 16.7 Å². The predicted octanol–water partition coefficient (Wildman–Crippen LogP) is 3.31. The van der Waals surface area contributed by atoms with E-state index in [-0.39, 0.29) is 12.0 Å². The van der Waals surface area contributed by atoms with Crippen molar-refractivity contribution in [1.82, 2.24) is 5.32 Å². The molecule has 1 N–H and O–H groups in total. The van der Waals surface area contributed by atoms with E-state index in [4.69, 9.17) is 6.11 Å². The van der Waals surface area contributed by atoms with Crippen molar-refractivity contribution in [2.24, 2.45) is 0 Å². The Morgan fingerprint density at radius 1 is 1.35 bits per heavy atom. The summed E-state index contributed by atoms with van der Waals surface area (Å²) in [4.78, 5) is 11.0. The molecule has 3 nitrogen and oxygen atoms in total. The van der Waals surface area contributed by atoms with Gasteiger partial charge in [-0.3, -0.25) is 4.79 Å². The minimum Gasteiger partial charge on any atom is -0.491 e. The molecule has 2 rings (SSSR count). The normalized spacial score (nSPS) is 11.5. The van der Waals surface area contributed by atoms with Gasteiger partial charge >= 0.3 is 0 Å². The lowest BCUT2D eigenvalue weighted by Crippen LogP contribution is -2.22. The molecule has 106 valence electrons. The summed E-state index contributed by atoms with van der Waals surface area (Å²) in [5.41, 5.74) is 1.06. The van der Waals surface area contributed by atoms with Crippen LogP contribution in [0.25, 0.3) is 10.8 Å². The third kappa shape index (κ3) is 3.73. The molecule has 0 heterocycles. The molecule has 0 atom stereocenters. The second-order valence-electron chi connectivity index (χ2n) is 5.13. The summed E-state index contributed by atoms with van der Waals surface area (Å²) in [6, 6.07) is 10.1. The van der Waals surface area contributed by atoms with Crippen LogP contribution >= 0.6 is 0 Å². The van der Waals surface area contributed by atoms with Gasteiger partial charge in [-0.1, -0.05) is 24.2 Å².